The fourth-order valence-electron chi connectivity index (χ4n) is 4.52. The molecule has 3 amide bonds. The number of amides is 3. The Morgan fingerprint density at radius 3 is 2.45 bits per heavy atom. The van der Waals surface area contributed by atoms with Gasteiger partial charge in [-0.1, -0.05) is 0 Å². The van der Waals surface area contributed by atoms with Crippen LogP contribution >= 0.6 is 0 Å². The van der Waals surface area contributed by atoms with Gasteiger partial charge in [0.05, 0.1) is 5.92 Å². The zero-order chi connectivity index (χ0) is 22.3. The van der Waals surface area contributed by atoms with Crippen molar-refractivity contribution in [3.63, 3.8) is 0 Å². The smallest absolute Gasteiger partial charge is 0.309 e. The maximum Gasteiger partial charge on any atom is 0.309 e. The van der Waals surface area contributed by atoms with Gasteiger partial charge in [0.15, 0.2) is 0 Å². The van der Waals surface area contributed by atoms with Crippen LogP contribution in [0.3, 0.4) is 0 Å². The van der Waals surface area contributed by atoms with E-state index in [0.717, 1.165) is 37.2 Å². The van der Waals surface area contributed by atoms with E-state index in [2.05, 4.69) is 10.2 Å². The molecule has 3 aliphatic rings. The fraction of sp³-hybridized carbons (Fsp3) is 0.565. The number of hydrogen-bond donors (Lipinski definition) is 1. The topological polar surface area (TPSA) is 96.0 Å². The first-order valence-corrected chi connectivity index (χ1v) is 10.9. The van der Waals surface area contributed by atoms with Gasteiger partial charge in [0, 0.05) is 37.3 Å². The van der Waals surface area contributed by atoms with Gasteiger partial charge in [-0.15, -0.1) is 0 Å². The van der Waals surface area contributed by atoms with Crippen molar-refractivity contribution < 1.29 is 23.9 Å². The molecule has 31 heavy (non-hydrogen) atoms. The predicted molar refractivity (Wildman–Crippen MR) is 113 cm³/mol. The molecule has 166 valence electrons. The lowest BCUT2D eigenvalue weighted by molar-refractivity contribution is -0.160. The second kappa shape index (κ2) is 7.98. The van der Waals surface area contributed by atoms with Gasteiger partial charge in [-0.25, -0.2) is 0 Å². The molecule has 0 spiro atoms. The van der Waals surface area contributed by atoms with Gasteiger partial charge < -0.3 is 14.5 Å². The highest BCUT2D eigenvalue weighted by atomic mass is 16.6. The van der Waals surface area contributed by atoms with E-state index >= 15 is 0 Å². The molecule has 3 aliphatic heterocycles. The Morgan fingerprint density at radius 2 is 1.81 bits per heavy atom. The van der Waals surface area contributed by atoms with Crippen LogP contribution < -0.4 is 10.2 Å². The van der Waals surface area contributed by atoms with Crippen molar-refractivity contribution in [1.29, 1.82) is 0 Å². The molecule has 1 aromatic rings. The maximum atomic E-state index is 12.8. The average Bonchev–Trinajstić information content (AvgIpc) is 3.02. The first-order chi connectivity index (χ1) is 14.6. The molecule has 1 atom stereocenters. The van der Waals surface area contributed by atoms with Gasteiger partial charge in [0.2, 0.25) is 11.8 Å². The Balaban J connectivity index is 1.41. The molecule has 8 heteroatoms. The van der Waals surface area contributed by atoms with Crippen LogP contribution in [0, 0.1) is 5.92 Å². The lowest BCUT2D eigenvalue weighted by atomic mass is 9.96. The van der Waals surface area contributed by atoms with E-state index in [-0.39, 0.29) is 30.1 Å². The second-order valence-electron chi connectivity index (χ2n) is 9.54. The molecule has 2 fully saturated rings. The number of esters is 1. The summed E-state index contributed by atoms with van der Waals surface area (Å²) in [7, 11) is 0. The van der Waals surface area contributed by atoms with Gasteiger partial charge in [-0.2, -0.15) is 0 Å². The second-order valence-corrected chi connectivity index (χ2v) is 9.54. The van der Waals surface area contributed by atoms with Crippen LogP contribution in [0.5, 0.6) is 0 Å². The lowest BCUT2D eigenvalue weighted by Gasteiger charge is -2.34. The number of nitrogens with zero attached hydrogens (tertiary/aromatic N) is 2. The number of ether oxygens (including phenoxy) is 1. The summed E-state index contributed by atoms with van der Waals surface area (Å²) in [6.07, 6.45) is 2.06. The predicted octanol–water partition coefficient (Wildman–Crippen LogP) is 2.01. The Kier molecular flexibility index (Phi) is 5.49. The molecular formula is C23H29N3O5. The first-order valence-electron chi connectivity index (χ1n) is 10.9. The quantitative estimate of drug-likeness (QED) is 0.586. The number of fused-ring (bicyclic) bond motifs is 1. The number of carbonyl (C=O) groups is 4. The van der Waals surface area contributed by atoms with Crippen LogP contribution in [0.4, 0.5) is 5.69 Å². The Labute approximate surface area is 181 Å². The summed E-state index contributed by atoms with van der Waals surface area (Å²) in [5.41, 5.74) is 2.03. The Morgan fingerprint density at radius 1 is 1.10 bits per heavy atom. The van der Waals surface area contributed by atoms with Gasteiger partial charge in [-0.05, 0) is 63.8 Å². The third kappa shape index (κ3) is 4.43. The Bertz CT molecular complexity index is 928. The molecule has 0 aliphatic carbocycles. The Hall–Kier alpha value is -2.90. The number of carbonyl (C=O) groups excluding carboxylic acids is 4. The van der Waals surface area contributed by atoms with Gasteiger partial charge >= 0.3 is 5.97 Å². The summed E-state index contributed by atoms with van der Waals surface area (Å²) in [5.74, 6) is -1.08. The minimum atomic E-state index is -0.606. The molecule has 8 nitrogen and oxygen atoms in total. The zero-order valence-electron chi connectivity index (χ0n) is 18.3. The molecule has 0 aromatic heterocycles. The highest BCUT2D eigenvalue weighted by Crippen LogP contribution is 2.32. The first kappa shape index (κ1) is 21.3. The van der Waals surface area contributed by atoms with Crippen molar-refractivity contribution >= 4 is 29.4 Å². The minimum absolute atomic E-state index is 0.0884. The van der Waals surface area contributed by atoms with Crippen LogP contribution in [-0.4, -0.2) is 53.3 Å². The third-order valence-corrected chi connectivity index (χ3v) is 6.11. The van der Waals surface area contributed by atoms with Crippen LogP contribution in [0.2, 0.25) is 0 Å². The summed E-state index contributed by atoms with van der Waals surface area (Å²) >= 11 is 0. The van der Waals surface area contributed by atoms with Gasteiger partial charge in [0.25, 0.3) is 5.91 Å². The number of imide groups is 1. The van der Waals surface area contributed by atoms with Crippen molar-refractivity contribution in [2.45, 2.75) is 64.6 Å². The van der Waals surface area contributed by atoms with Crippen molar-refractivity contribution in [3.05, 3.63) is 29.3 Å². The summed E-state index contributed by atoms with van der Waals surface area (Å²) < 4.78 is 5.52. The van der Waals surface area contributed by atoms with Crippen molar-refractivity contribution in [3.8, 4) is 0 Å². The van der Waals surface area contributed by atoms with Gasteiger partial charge in [0.1, 0.15) is 11.6 Å². The highest BCUT2D eigenvalue weighted by molar-refractivity contribution is 6.05. The van der Waals surface area contributed by atoms with E-state index < -0.39 is 17.6 Å². The van der Waals surface area contributed by atoms with E-state index in [1.807, 2.05) is 39.0 Å². The van der Waals surface area contributed by atoms with E-state index in [4.69, 9.17) is 4.74 Å². The molecule has 1 aromatic carbocycles. The lowest BCUT2D eigenvalue weighted by Crippen LogP contribution is -2.52. The van der Waals surface area contributed by atoms with Crippen LogP contribution in [0.25, 0.3) is 0 Å². The van der Waals surface area contributed by atoms with Crippen molar-refractivity contribution in [2.75, 3.05) is 18.0 Å². The number of benzene rings is 1. The molecule has 3 heterocycles. The van der Waals surface area contributed by atoms with E-state index in [1.54, 1.807) is 4.90 Å². The third-order valence-electron chi connectivity index (χ3n) is 6.11. The van der Waals surface area contributed by atoms with E-state index in [9.17, 15) is 19.2 Å². The molecule has 2 saturated heterocycles. The zero-order valence-corrected chi connectivity index (χ0v) is 18.3. The SMILES string of the molecule is CC(C)(C)OC(=O)C1CCN(c2ccc3c(c2)CN(C2CCC(=O)NC2=O)C3=O)CC1. The molecule has 1 N–H and O–H groups in total. The number of anilines is 1. The number of hydrogen-bond acceptors (Lipinski definition) is 6. The monoisotopic (exact) mass is 427 g/mol. The van der Waals surface area contributed by atoms with Crippen LogP contribution in [0.15, 0.2) is 18.2 Å². The number of rotatable bonds is 3. The summed E-state index contributed by atoms with van der Waals surface area (Å²) in [6, 6.07) is 5.15. The summed E-state index contributed by atoms with van der Waals surface area (Å²) in [5, 5.41) is 2.33. The van der Waals surface area contributed by atoms with Crippen LogP contribution in [0.1, 0.15) is 62.4 Å². The molecule has 1 unspecified atom stereocenters. The van der Waals surface area contributed by atoms with Crippen molar-refractivity contribution in [1.82, 2.24) is 10.2 Å². The molecular weight excluding hydrogens is 398 g/mol. The maximum absolute atomic E-state index is 12.8. The molecule has 0 saturated carbocycles. The van der Waals surface area contributed by atoms with Gasteiger partial charge in [-0.3, -0.25) is 24.5 Å². The van der Waals surface area contributed by atoms with Crippen LogP contribution in [-0.2, 0) is 25.7 Å². The highest BCUT2D eigenvalue weighted by Gasteiger charge is 2.39. The molecule has 0 bridgehead atoms. The van der Waals surface area contributed by atoms with Crippen molar-refractivity contribution in [2.24, 2.45) is 5.92 Å². The summed E-state index contributed by atoms with van der Waals surface area (Å²) in [4.78, 5) is 52.6. The summed E-state index contributed by atoms with van der Waals surface area (Å²) in [6.45, 7) is 7.49. The average molecular weight is 428 g/mol. The fourth-order valence-corrected chi connectivity index (χ4v) is 4.52. The van der Waals surface area contributed by atoms with E-state index in [1.165, 1.54) is 0 Å². The number of piperidine rings is 2. The standard InChI is InChI=1S/C23H29N3O5/c1-23(2,3)31-22(30)14-8-10-25(11-9-14)16-4-5-17-15(12-16)13-26(21(17)29)18-6-7-19(27)24-20(18)28/h4-5,12,14,18H,6-11,13H2,1-3H3,(H,24,27,28). The normalized spacial score (nSPS) is 22.4. The number of nitrogens with one attached hydrogen (secondary N) is 1. The minimum Gasteiger partial charge on any atom is -0.460 e. The largest absolute Gasteiger partial charge is 0.460 e. The molecule has 0 radical (unpaired) electrons. The molecule has 4 rings (SSSR count). The van der Waals surface area contributed by atoms with E-state index in [0.29, 0.717) is 18.5 Å².